The van der Waals surface area contributed by atoms with Gasteiger partial charge in [-0.15, -0.1) is 0 Å². The Labute approximate surface area is 186 Å². The molecule has 0 aliphatic carbocycles. The molecule has 0 bridgehead atoms. The lowest BCUT2D eigenvalue weighted by Crippen LogP contribution is -2.39. The van der Waals surface area contributed by atoms with E-state index in [1.165, 1.54) is 11.3 Å². The van der Waals surface area contributed by atoms with E-state index in [0.717, 1.165) is 41.0 Å². The molecule has 1 heterocycles. The average Bonchev–Trinajstić information content (AvgIpc) is 3.14. The van der Waals surface area contributed by atoms with E-state index in [2.05, 4.69) is 18.7 Å². The van der Waals surface area contributed by atoms with Crippen molar-refractivity contribution in [2.24, 2.45) is 0 Å². The molecule has 2 aromatic carbocycles. The van der Waals surface area contributed by atoms with E-state index in [1.807, 2.05) is 43.3 Å². The van der Waals surface area contributed by atoms with Gasteiger partial charge in [-0.2, -0.15) is 0 Å². The van der Waals surface area contributed by atoms with E-state index >= 15 is 0 Å². The van der Waals surface area contributed by atoms with Crippen LogP contribution in [0.1, 0.15) is 25.0 Å². The molecule has 1 aromatic heterocycles. The zero-order valence-corrected chi connectivity index (χ0v) is 19.2. The molecule has 0 radical (unpaired) electrons. The van der Waals surface area contributed by atoms with Gasteiger partial charge in [0.2, 0.25) is 5.91 Å². The van der Waals surface area contributed by atoms with Crippen molar-refractivity contribution in [3.05, 3.63) is 57.6 Å². The summed E-state index contributed by atoms with van der Waals surface area (Å²) in [6.45, 7) is 9.47. The first-order valence-corrected chi connectivity index (χ1v) is 11.3. The van der Waals surface area contributed by atoms with Crippen LogP contribution in [-0.2, 0) is 11.2 Å². The Hall–Kier alpha value is -1.66. The number of anilines is 1. The molecule has 0 aliphatic heterocycles. The van der Waals surface area contributed by atoms with Crippen LogP contribution < -0.4 is 4.90 Å². The second-order valence-electron chi connectivity index (χ2n) is 6.86. The Balaban J connectivity index is 1.93. The number of carbonyl (C=O) groups excluding carboxylic acids is 1. The van der Waals surface area contributed by atoms with E-state index in [9.17, 15) is 4.79 Å². The highest BCUT2D eigenvalue weighted by molar-refractivity contribution is 7.22. The fraction of sp³-hybridized carbons (Fsp3) is 0.364. The van der Waals surface area contributed by atoms with Gasteiger partial charge in [0.15, 0.2) is 5.13 Å². The van der Waals surface area contributed by atoms with Gasteiger partial charge in [0, 0.05) is 23.1 Å². The lowest BCUT2D eigenvalue weighted by atomic mass is 10.1. The average molecular weight is 450 g/mol. The molecule has 0 unspecified atom stereocenters. The molecule has 0 spiro atoms. The Morgan fingerprint density at radius 1 is 1.03 bits per heavy atom. The fourth-order valence-corrected chi connectivity index (χ4v) is 4.64. The van der Waals surface area contributed by atoms with Crippen molar-refractivity contribution in [1.29, 1.82) is 0 Å². The molecule has 0 atom stereocenters. The maximum Gasteiger partial charge on any atom is 0.233 e. The number of aryl methyl sites for hydroxylation is 1. The van der Waals surface area contributed by atoms with Crippen molar-refractivity contribution in [1.82, 2.24) is 9.88 Å². The number of thiazole rings is 1. The van der Waals surface area contributed by atoms with Gasteiger partial charge in [-0.05, 0) is 49.3 Å². The van der Waals surface area contributed by atoms with Crippen LogP contribution in [0.2, 0.25) is 10.0 Å². The molecule has 154 valence electrons. The number of benzene rings is 2. The van der Waals surface area contributed by atoms with E-state index < -0.39 is 0 Å². The zero-order chi connectivity index (χ0) is 21.0. The van der Waals surface area contributed by atoms with Gasteiger partial charge in [-0.25, -0.2) is 4.98 Å². The van der Waals surface area contributed by atoms with E-state index in [0.29, 0.717) is 21.7 Å². The first kappa shape index (κ1) is 22.0. The summed E-state index contributed by atoms with van der Waals surface area (Å²) >= 11 is 14.1. The highest BCUT2D eigenvalue weighted by atomic mass is 35.5. The van der Waals surface area contributed by atoms with Crippen LogP contribution >= 0.6 is 34.5 Å². The highest BCUT2D eigenvalue weighted by Crippen LogP contribution is 2.34. The molecular formula is C22H25Cl2N3OS. The third-order valence-corrected chi connectivity index (χ3v) is 6.92. The van der Waals surface area contributed by atoms with Gasteiger partial charge in [0.05, 0.1) is 16.6 Å². The van der Waals surface area contributed by atoms with Gasteiger partial charge in [-0.3, -0.25) is 9.69 Å². The number of amides is 1. The molecule has 0 saturated carbocycles. The van der Waals surface area contributed by atoms with Crippen molar-refractivity contribution in [2.45, 2.75) is 27.2 Å². The van der Waals surface area contributed by atoms with Gasteiger partial charge in [0.25, 0.3) is 0 Å². The quantitative estimate of drug-likeness (QED) is 0.433. The van der Waals surface area contributed by atoms with Crippen LogP contribution in [0.5, 0.6) is 0 Å². The summed E-state index contributed by atoms with van der Waals surface area (Å²) in [5, 5.41) is 2.00. The fourth-order valence-electron chi connectivity index (χ4n) is 3.21. The second kappa shape index (κ2) is 9.90. The van der Waals surface area contributed by atoms with Gasteiger partial charge in [0.1, 0.15) is 0 Å². The van der Waals surface area contributed by atoms with E-state index in [1.54, 1.807) is 4.90 Å². The summed E-state index contributed by atoms with van der Waals surface area (Å²) < 4.78 is 1.03. The molecular weight excluding hydrogens is 425 g/mol. The summed E-state index contributed by atoms with van der Waals surface area (Å²) in [5.74, 6) is -0.00642. The van der Waals surface area contributed by atoms with Crippen LogP contribution in [0.4, 0.5) is 5.13 Å². The van der Waals surface area contributed by atoms with E-state index in [4.69, 9.17) is 28.2 Å². The third-order valence-electron chi connectivity index (χ3n) is 5.10. The SMILES string of the molecule is CCN(CC)CCN(C(=O)Cc1ccccc1Cl)c1nc2c(C)c(Cl)ccc2s1. The molecule has 3 rings (SSSR count). The van der Waals surface area contributed by atoms with Crippen molar-refractivity contribution in [3.63, 3.8) is 0 Å². The van der Waals surface area contributed by atoms with Gasteiger partial charge >= 0.3 is 0 Å². The summed E-state index contributed by atoms with van der Waals surface area (Å²) in [6, 6.07) is 11.3. The van der Waals surface area contributed by atoms with Crippen LogP contribution in [-0.4, -0.2) is 42.0 Å². The lowest BCUT2D eigenvalue weighted by Gasteiger charge is -2.25. The normalized spacial score (nSPS) is 11.4. The number of hydrogen-bond donors (Lipinski definition) is 0. The molecule has 1 amide bonds. The number of hydrogen-bond acceptors (Lipinski definition) is 4. The first-order valence-electron chi connectivity index (χ1n) is 9.76. The molecule has 0 fully saturated rings. The number of aromatic nitrogens is 1. The van der Waals surface area contributed by atoms with Crippen molar-refractivity contribution in [3.8, 4) is 0 Å². The number of fused-ring (bicyclic) bond motifs is 1. The largest absolute Gasteiger partial charge is 0.302 e. The predicted octanol–water partition coefficient (Wildman–Crippen LogP) is 5.83. The molecule has 0 aliphatic rings. The maximum atomic E-state index is 13.3. The number of carbonyl (C=O) groups is 1. The summed E-state index contributed by atoms with van der Waals surface area (Å²) in [4.78, 5) is 22.1. The van der Waals surface area contributed by atoms with Crippen LogP contribution in [0, 0.1) is 6.92 Å². The highest BCUT2D eigenvalue weighted by Gasteiger charge is 2.22. The number of halogens is 2. The second-order valence-corrected chi connectivity index (χ2v) is 8.68. The van der Waals surface area contributed by atoms with Gasteiger partial charge in [-0.1, -0.05) is 66.6 Å². The Morgan fingerprint density at radius 2 is 1.76 bits per heavy atom. The van der Waals surface area contributed by atoms with Crippen LogP contribution in [0.3, 0.4) is 0 Å². The first-order chi connectivity index (χ1) is 13.9. The topological polar surface area (TPSA) is 36.4 Å². The number of nitrogens with zero attached hydrogens (tertiary/aromatic N) is 3. The standard InChI is InChI=1S/C22H25Cl2N3OS/c1-4-26(5-2)12-13-27(20(28)14-16-8-6-7-9-18(16)24)22-25-21-15(3)17(23)10-11-19(21)29-22/h6-11H,4-5,12-14H2,1-3H3. The number of likely N-dealkylation sites (N-methyl/N-ethyl adjacent to an activating group) is 1. The Morgan fingerprint density at radius 3 is 2.45 bits per heavy atom. The molecule has 7 heteroatoms. The molecule has 4 nitrogen and oxygen atoms in total. The Bertz CT molecular complexity index is 1000. The minimum Gasteiger partial charge on any atom is -0.302 e. The van der Waals surface area contributed by atoms with Crippen molar-refractivity contribution < 1.29 is 4.79 Å². The summed E-state index contributed by atoms with van der Waals surface area (Å²) in [6.07, 6.45) is 0.244. The lowest BCUT2D eigenvalue weighted by molar-refractivity contribution is -0.118. The monoisotopic (exact) mass is 449 g/mol. The Kier molecular flexibility index (Phi) is 7.52. The zero-order valence-electron chi connectivity index (χ0n) is 16.9. The molecule has 0 N–H and O–H groups in total. The van der Waals surface area contributed by atoms with E-state index in [-0.39, 0.29) is 12.3 Å². The summed E-state index contributed by atoms with van der Waals surface area (Å²) in [7, 11) is 0. The smallest absolute Gasteiger partial charge is 0.233 e. The minimum absolute atomic E-state index is 0.00642. The molecule has 29 heavy (non-hydrogen) atoms. The predicted molar refractivity (Wildman–Crippen MR) is 125 cm³/mol. The molecule has 0 saturated heterocycles. The van der Waals surface area contributed by atoms with Crippen molar-refractivity contribution >= 4 is 55.8 Å². The van der Waals surface area contributed by atoms with Gasteiger partial charge < -0.3 is 4.90 Å². The third kappa shape index (κ3) is 5.10. The minimum atomic E-state index is -0.00642. The number of rotatable bonds is 8. The molecule has 3 aromatic rings. The van der Waals surface area contributed by atoms with Crippen LogP contribution in [0.15, 0.2) is 36.4 Å². The summed E-state index contributed by atoms with van der Waals surface area (Å²) in [5.41, 5.74) is 2.62. The van der Waals surface area contributed by atoms with Crippen LogP contribution in [0.25, 0.3) is 10.2 Å². The maximum absolute atomic E-state index is 13.3. The van der Waals surface area contributed by atoms with Crippen molar-refractivity contribution in [2.75, 3.05) is 31.1 Å².